The van der Waals surface area contributed by atoms with Gasteiger partial charge in [-0.1, -0.05) is 25.2 Å². The second-order valence-electron chi connectivity index (χ2n) is 5.06. The highest BCUT2D eigenvalue weighted by Gasteiger charge is 2.49. The molecule has 2 aliphatic rings. The van der Waals surface area contributed by atoms with Gasteiger partial charge in [0.15, 0.2) is 0 Å². The van der Waals surface area contributed by atoms with Crippen molar-refractivity contribution in [1.82, 2.24) is 5.32 Å². The van der Waals surface area contributed by atoms with Gasteiger partial charge in [0.2, 0.25) is 5.91 Å². The molecule has 4 nitrogen and oxygen atoms in total. The van der Waals surface area contributed by atoms with Crippen molar-refractivity contribution < 1.29 is 14.7 Å². The van der Waals surface area contributed by atoms with E-state index in [9.17, 15) is 9.59 Å². The van der Waals surface area contributed by atoms with Crippen molar-refractivity contribution in [3.05, 3.63) is 0 Å². The molecule has 2 N–H and O–H groups in total. The number of terminal acetylenes is 1. The molecule has 92 valence electrons. The lowest BCUT2D eigenvalue weighted by Gasteiger charge is -2.33. The van der Waals surface area contributed by atoms with Crippen molar-refractivity contribution in [2.45, 2.75) is 44.1 Å². The molecule has 1 amide bonds. The van der Waals surface area contributed by atoms with E-state index in [-0.39, 0.29) is 11.8 Å². The first-order chi connectivity index (χ1) is 8.08. The van der Waals surface area contributed by atoms with E-state index in [1.807, 2.05) is 0 Å². The minimum Gasteiger partial charge on any atom is -0.481 e. The van der Waals surface area contributed by atoms with Crippen molar-refractivity contribution in [3.8, 4) is 12.3 Å². The summed E-state index contributed by atoms with van der Waals surface area (Å²) >= 11 is 0. The van der Waals surface area contributed by atoms with Crippen LogP contribution in [-0.2, 0) is 9.59 Å². The Bertz CT molecular complexity index is 377. The Morgan fingerprint density at radius 1 is 1.24 bits per heavy atom. The van der Waals surface area contributed by atoms with Crippen LogP contribution in [0.15, 0.2) is 0 Å². The summed E-state index contributed by atoms with van der Waals surface area (Å²) in [7, 11) is 0. The molecule has 0 aromatic carbocycles. The number of carboxylic acids is 1. The fraction of sp³-hybridized carbons (Fsp3) is 0.692. The third-order valence-electron chi connectivity index (χ3n) is 3.79. The van der Waals surface area contributed by atoms with Gasteiger partial charge >= 0.3 is 5.97 Å². The summed E-state index contributed by atoms with van der Waals surface area (Å²) in [4.78, 5) is 22.6. The lowest BCUT2D eigenvalue weighted by molar-refractivity contribution is -0.140. The summed E-state index contributed by atoms with van der Waals surface area (Å²) in [6, 6.07) is 0. The molecule has 0 unspecified atom stereocenters. The van der Waals surface area contributed by atoms with E-state index in [2.05, 4.69) is 11.2 Å². The maximum absolute atomic E-state index is 11.9. The van der Waals surface area contributed by atoms with E-state index in [4.69, 9.17) is 11.5 Å². The van der Waals surface area contributed by atoms with E-state index < -0.39 is 17.4 Å². The zero-order valence-corrected chi connectivity index (χ0v) is 9.74. The molecule has 17 heavy (non-hydrogen) atoms. The molecule has 0 aliphatic heterocycles. The lowest BCUT2D eigenvalue weighted by atomic mass is 9.82. The number of aliphatic carboxylic acids is 1. The van der Waals surface area contributed by atoms with Gasteiger partial charge in [-0.2, -0.15) is 0 Å². The maximum atomic E-state index is 11.9. The van der Waals surface area contributed by atoms with E-state index in [0.717, 1.165) is 32.1 Å². The molecule has 2 fully saturated rings. The molecule has 0 saturated heterocycles. The highest BCUT2D eigenvalue weighted by Crippen LogP contribution is 2.39. The number of hydrogen-bond donors (Lipinski definition) is 2. The molecular formula is C13H17NO3. The summed E-state index contributed by atoms with van der Waals surface area (Å²) in [6.45, 7) is 0. The van der Waals surface area contributed by atoms with Gasteiger partial charge in [0.25, 0.3) is 0 Å². The largest absolute Gasteiger partial charge is 0.481 e. The molecule has 2 rings (SSSR count). The molecule has 0 aromatic rings. The van der Waals surface area contributed by atoms with Crippen LogP contribution in [0, 0.1) is 24.2 Å². The third kappa shape index (κ3) is 2.44. The van der Waals surface area contributed by atoms with Crippen molar-refractivity contribution in [1.29, 1.82) is 0 Å². The Kier molecular flexibility index (Phi) is 3.10. The predicted octanol–water partition coefficient (Wildman–Crippen LogP) is 1.16. The Hall–Kier alpha value is -1.50. The van der Waals surface area contributed by atoms with Crippen LogP contribution >= 0.6 is 0 Å². The smallest absolute Gasteiger partial charge is 0.307 e. The first-order valence-corrected chi connectivity index (χ1v) is 6.10. The molecule has 0 radical (unpaired) electrons. The minimum absolute atomic E-state index is 0.183. The van der Waals surface area contributed by atoms with Gasteiger partial charge in [0, 0.05) is 0 Å². The summed E-state index contributed by atoms with van der Waals surface area (Å²) in [5.41, 5.74) is -0.527. The monoisotopic (exact) mass is 235 g/mol. The van der Waals surface area contributed by atoms with E-state index in [1.165, 1.54) is 0 Å². The van der Waals surface area contributed by atoms with Gasteiger partial charge in [-0.15, -0.1) is 6.42 Å². The Morgan fingerprint density at radius 2 is 1.88 bits per heavy atom. The number of hydrogen-bond acceptors (Lipinski definition) is 2. The van der Waals surface area contributed by atoms with E-state index in [1.54, 1.807) is 0 Å². The zero-order valence-electron chi connectivity index (χ0n) is 9.74. The van der Waals surface area contributed by atoms with Crippen molar-refractivity contribution >= 4 is 11.9 Å². The number of carbonyl (C=O) groups is 2. The first kappa shape index (κ1) is 12.0. The topological polar surface area (TPSA) is 66.4 Å². The SMILES string of the molecule is C#CC1(NC(=O)[C@@H]2C[C@H]2C(=O)O)CCCCC1. The molecule has 4 heteroatoms. The van der Waals surface area contributed by atoms with Crippen LogP contribution < -0.4 is 5.32 Å². The molecule has 0 aromatic heterocycles. The average Bonchev–Trinajstić information content (AvgIpc) is 3.10. The van der Waals surface area contributed by atoms with Gasteiger partial charge in [-0.25, -0.2) is 0 Å². The van der Waals surface area contributed by atoms with Crippen LogP contribution in [0.25, 0.3) is 0 Å². The first-order valence-electron chi connectivity index (χ1n) is 6.10. The molecular weight excluding hydrogens is 218 g/mol. The quantitative estimate of drug-likeness (QED) is 0.721. The second-order valence-corrected chi connectivity index (χ2v) is 5.06. The highest BCUT2D eigenvalue weighted by atomic mass is 16.4. The fourth-order valence-electron chi connectivity index (χ4n) is 2.55. The highest BCUT2D eigenvalue weighted by molar-refractivity contribution is 5.90. The zero-order chi connectivity index (χ0) is 12.5. The van der Waals surface area contributed by atoms with Crippen molar-refractivity contribution in [2.75, 3.05) is 0 Å². The second kappa shape index (κ2) is 4.40. The van der Waals surface area contributed by atoms with Crippen LogP contribution in [0.4, 0.5) is 0 Å². The standard InChI is InChI=1S/C13H17NO3/c1-2-13(6-4-3-5-7-13)14-11(15)9-8-10(9)12(16)17/h1,9-10H,3-8H2,(H,14,15)(H,16,17)/t9-,10-/m1/s1. The van der Waals surface area contributed by atoms with Gasteiger partial charge in [-0.05, 0) is 19.3 Å². The van der Waals surface area contributed by atoms with E-state index >= 15 is 0 Å². The van der Waals surface area contributed by atoms with Crippen LogP contribution in [-0.4, -0.2) is 22.5 Å². The number of rotatable bonds is 3. The lowest BCUT2D eigenvalue weighted by Crippen LogP contribution is -2.49. The molecule has 2 saturated carbocycles. The number of carbonyl (C=O) groups excluding carboxylic acids is 1. The summed E-state index contributed by atoms with van der Waals surface area (Å²) in [6.07, 6.45) is 10.8. The fourth-order valence-corrected chi connectivity index (χ4v) is 2.55. The van der Waals surface area contributed by atoms with Gasteiger partial charge in [-0.3, -0.25) is 9.59 Å². The van der Waals surface area contributed by atoms with Crippen LogP contribution in [0.2, 0.25) is 0 Å². The third-order valence-corrected chi connectivity index (χ3v) is 3.79. The predicted molar refractivity (Wildman–Crippen MR) is 62.0 cm³/mol. The summed E-state index contributed by atoms with van der Waals surface area (Å²) < 4.78 is 0. The Labute approximate surface area is 101 Å². The Morgan fingerprint density at radius 3 is 2.35 bits per heavy atom. The minimum atomic E-state index is -0.886. The number of carboxylic acid groups (broad SMARTS) is 1. The number of nitrogens with one attached hydrogen (secondary N) is 1. The molecule has 0 bridgehead atoms. The molecule has 2 atom stereocenters. The average molecular weight is 235 g/mol. The van der Waals surface area contributed by atoms with Gasteiger partial charge in [0.05, 0.1) is 11.8 Å². The summed E-state index contributed by atoms with van der Waals surface area (Å²) in [5.74, 6) is 0.746. The van der Waals surface area contributed by atoms with Crippen molar-refractivity contribution in [3.63, 3.8) is 0 Å². The summed E-state index contributed by atoms with van der Waals surface area (Å²) in [5, 5.41) is 11.7. The van der Waals surface area contributed by atoms with Crippen LogP contribution in [0.1, 0.15) is 38.5 Å². The molecule has 2 aliphatic carbocycles. The maximum Gasteiger partial charge on any atom is 0.307 e. The Balaban J connectivity index is 1.94. The molecule has 0 spiro atoms. The van der Waals surface area contributed by atoms with E-state index in [0.29, 0.717) is 6.42 Å². The molecule has 0 heterocycles. The van der Waals surface area contributed by atoms with Gasteiger partial charge < -0.3 is 10.4 Å². The van der Waals surface area contributed by atoms with Gasteiger partial charge in [0.1, 0.15) is 5.54 Å². The normalized spacial score (nSPS) is 30.1. The van der Waals surface area contributed by atoms with Crippen molar-refractivity contribution in [2.24, 2.45) is 11.8 Å². The van der Waals surface area contributed by atoms with Crippen LogP contribution in [0.3, 0.4) is 0 Å². The van der Waals surface area contributed by atoms with Crippen LogP contribution in [0.5, 0.6) is 0 Å². The number of amides is 1.